The maximum Gasteiger partial charge on any atom is 0.287 e. The second-order valence-electron chi connectivity index (χ2n) is 6.86. The van der Waals surface area contributed by atoms with E-state index < -0.39 is 0 Å². The zero-order valence-electron chi connectivity index (χ0n) is 17.1. The number of nitriles is 1. The van der Waals surface area contributed by atoms with Gasteiger partial charge in [0.15, 0.2) is 5.76 Å². The standard InChI is InChI=1S/C24H18ClN3O3S/c1-15-23(16-6-8-18(25)9-7-16)28-22(32-15)13-27-24(29)21-11-10-19(31-21)14-30-20-5-3-2-4-17(20)12-26/h2-11H,13-14H2,1H3,(H,27,29). The number of aryl methyl sites for hydroxylation is 1. The maximum absolute atomic E-state index is 12.5. The van der Waals surface area contributed by atoms with Crippen molar-refractivity contribution in [1.29, 1.82) is 5.26 Å². The molecule has 4 rings (SSSR count). The van der Waals surface area contributed by atoms with Crippen molar-refractivity contribution in [1.82, 2.24) is 10.3 Å². The third kappa shape index (κ3) is 4.99. The number of benzene rings is 2. The number of hydrogen-bond acceptors (Lipinski definition) is 6. The number of rotatable bonds is 7. The molecule has 0 saturated carbocycles. The molecule has 0 aliphatic heterocycles. The molecule has 160 valence electrons. The van der Waals surface area contributed by atoms with Crippen LogP contribution in [0, 0.1) is 18.3 Å². The number of para-hydroxylation sites is 1. The lowest BCUT2D eigenvalue weighted by molar-refractivity contribution is 0.0919. The number of aromatic nitrogens is 1. The molecule has 2 aromatic carbocycles. The Morgan fingerprint density at radius 2 is 1.97 bits per heavy atom. The Balaban J connectivity index is 1.35. The van der Waals surface area contributed by atoms with Gasteiger partial charge < -0.3 is 14.5 Å². The minimum Gasteiger partial charge on any atom is -0.484 e. The summed E-state index contributed by atoms with van der Waals surface area (Å²) in [5.74, 6) is 0.795. The molecule has 0 saturated heterocycles. The molecule has 0 aliphatic rings. The average molecular weight is 464 g/mol. The van der Waals surface area contributed by atoms with E-state index in [0.717, 1.165) is 21.1 Å². The van der Waals surface area contributed by atoms with Crippen molar-refractivity contribution in [2.24, 2.45) is 0 Å². The largest absolute Gasteiger partial charge is 0.484 e. The highest BCUT2D eigenvalue weighted by atomic mass is 35.5. The summed E-state index contributed by atoms with van der Waals surface area (Å²) in [6, 6.07) is 19.8. The lowest BCUT2D eigenvalue weighted by atomic mass is 10.1. The fourth-order valence-corrected chi connectivity index (χ4v) is 4.08. The molecule has 1 amide bonds. The van der Waals surface area contributed by atoms with Crippen LogP contribution in [-0.2, 0) is 13.2 Å². The Morgan fingerprint density at radius 3 is 2.75 bits per heavy atom. The molecule has 0 aliphatic carbocycles. The average Bonchev–Trinajstić information content (AvgIpc) is 3.43. The summed E-state index contributed by atoms with van der Waals surface area (Å²) in [5.41, 5.74) is 2.30. The number of carbonyl (C=O) groups excluding carboxylic acids is 1. The molecule has 4 aromatic rings. The van der Waals surface area contributed by atoms with Gasteiger partial charge in [0.1, 0.15) is 29.2 Å². The van der Waals surface area contributed by atoms with Gasteiger partial charge in [0.05, 0.1) is 17.8 Å². The number of hydrogen-bond donors (Lipinski definition) is 1. The number of nitrogens with zero attached hydrogens (tertiary/aromatic N) is 2. The van der Waals surface area contributed by atoms with Gasteiger partial charge in [-0.1, -0.05) is 35.9 Å². The molecule has 2 heterocycles. The lowest BCUT2D eigenvalue weighted by Crippen LogP contribution is -2.22. The summed E-state index contributed by atoms with van der Waals surface area (Å²) < 4.78 is 11.2. The van der Waals surface area contributed by atoms with Crippen LogP contribution in [0.2, 0.25) is 5.02 Å². The summed E-state index contributed by atoms with van der Waals surface area (Å²) in [7, 11) is 0. The number of ether oxygens (including phenoxy) is 1. The quantitative estimate of drug-likeness (QED) is 0.377. The molecule has 8 heteroatoms. The van der Waals surface area contributed by atoms with Crippen molar-refractivity contribution >= 4 is 28.8 Å². The molecule has 1 N–H and O–H groups in total. The van der Waals surface area contributed by atoms with E-state index in [0.29, 0.717) is 28.6 Å². The summed E-state index contributed by atoms with van der Waals surface area (Å²) >= 11 is 7.49. The number of amides is 1. The number of halogens is 1. The predicted octanol–water partition coefficient (Wildman–Crippen LogP) is 5.75. The number of thiazole rings is 1. The second-order valence-corrected chi connectivity index (χ2v) is 8.59. The fraction of sp³-hybridized carbons (Fsp3) is 0.125. The SMILES string of the molecule is Cc1sc(CNC(=O)c2ccc(COc3ccccc3C#N)o2)nc1-c1ccc(Cl)cc1. The fourth-order valence-electron chi connectivity index (χ4n) is 3.06. The first-order valence-electron chi connectivity index (χ1n) is 9.74. The van der Waals surface area contributed by atoms with Crippen LogP contribution in [0.3, 0.4) is 0 Å². The summed E-state index contributed by atoms with van der Waals surface area (Å²) in [6.07, 6.45) is 0. The highest BCUT2D eigenvalue weighted by Gasteiger charge is 2.14. The van der Waals surface area contributed by atoms with Gasteiger partial charge >= 0.3 is 0 Å². The van der Waals surface area contributed by atoms with E-state index in [2.05, 4.69) is 16.4 Å². The number of furan rings is 1. The van der Waals surface area contributed by atoms with Gasteiger partial charge in [-0.15, -0.1) is 11.3 Å². The van der Waals surface area contributed by atoms with E-state index in [9.17, 15) is 4.79 Å². The van der Waals surface area contributed by atoms with E-state index in [4.69, 9.17) is 26.0 Å². The molecule has 32 heavy (non-hydrogen) atoms. The molecule has 0 unspecified atom stereocenters. The van der Waals surface area contributed by atoms with E-state index in [1.165, 1.54) is 11.3 Å². The van der Waals surface area contributed by atoms with Gasteiger partial charge in [-0.2, -0.15) is 5.26 Å². The molecule has 6 nitrogen and oxygen atoms in total. The van der Waals surface area contributed by atoms with E-state index in [1.807, 2.05) is 31.2 Å². The Morgan fingerprint density at radius 1 is 1.19 bits per heavy atom. The van der Waals surface area contributed by atoms with E-state index in [-0.39, 0.29) is 18.3 Å². The first-order chi connectivity index (χ1) is 15.5. The Labute approximate surface area is 194 Å². The molecule has 0 bridgehead atoms. The molecule has 0 atom stereocenters. The topological polar surface area (TPSA) is 88.1 Å². The monoisotopic (exact) mass is 463 g/mol. The third-order valence-corrected chi connectivity index (χ3v) is 5.84. The predicted molar refractivity (Wildman–Crippen MR) is 123 cm³/mol. The van der Waals surface area contributed by atoms with Crippen LogP contribution in [0.4, 0.5) is 0 Å². The van der Waals surface area contributed by atoms with Crippen LogP contribution < -0.4 is 10.1 Å². The third-order valence-electron chi connectivity index (χ3n) is 4.62. The molecule has 0 fully saturated rings. The van der Waals surface area contributed by atoms with E-state index in [1.54, 1.807) is 36.4 Å². The van der Waals surface area contributed by atoms with Crippen molar-refractivity contribution in [3.05, 3.63) is 92.7 Å². The molecular weight excluding hydrogens is 446 g/mol. The summed E-state index contributed by atoms with van der Waals surface area (Å²) in [6.45, 7) is 2.40. The van der Waals surface area contributed by atoms with Crippen molar-refractivity contribution in [3.8, 4) is 23.1 Å². The summed E-state index contributed by atoms with van der Waals surface area (Å²) in [4.78, 5) is 18.2. The van der Waals surface area contributed by atoms with Gasteiger partial charge in [0.25, 0.3) is 5.91 Å². The van der Waals surface area contributed by atoms with Crippen LogP contribution in [0.5, 0.6) is 5.75 Å². The molecule has 0 radical (unpaired) electrons. The Hall–Kier alpha value is -3.60. The zero-order chi connectivity index (χ0) is 22.5. The van der Waals surface area contributed by atoms with Gasteiger partial charge in [-0.25, -0.2) is 4.98 Å². The van der Waals surface area contributed by atoms with Gasteiger partial charge in [0.2, 0.25) is 0 Å². The minimum atomic E-state index is -0.338. The Bertz CT molecular complexity index is 1290. The number of carbonyl (C=O) groups is 1. The zero-order valence-corrected chi connectivity index (χ0v) is 18.7. The highest BCUT2D eigenvalue weighted by Crippen LogP contribution is 2.28. The highest BCUT2D eigenvalue weighted by molar-refractivity contribution is 7.12. The molecule has 0 spiro atoms. The van der Waals surface area contributed by atoms with Crippen LogP contribution in [0.1, 0.15) is 31.8 Å². The Kier molecular flexibility index (Phi) is 6.55. The van der Waals surface area contributed by atoms with Crippen LogP contribution in [0.15, 0.2) is 65.1 Å². The molecule has 2 aromatic heterocycles. The van der Waals surface area contributed by atoms with Gasteiger partial charge in [-0.3, -0.25) is 4.79 Å². The van der Waals surface area contributed by atoms with E-state index >= 15 is 0 Å². The number of nitrogens with one attached hydrogen (secondary N) is 1. The minimum absolute atomic E-state index is 0.113. The van der Waals surface area contributed by atoms with Crippen LogP contribution >= 0.6 is 22.9 Å². The van der Waals surface area contributed by atoms with Crippen molar-refractivity contribution in [3.63, 3.8) is 0 Å². The smallest absolute Gasteiger partial charge is 0.287 e. The van der Waals surface area contributed by atoms with Crippen LogP contribution in [0.25, 0.3) is 11.3 Å². The van der Waals surface area contributed by atoms with Crippen molar-refractivity contribution in [2.75, 3.05) is 0 Å². The summed E-state index contributed by atoms with van der Waals surface area (Å²) in [5, 5.41) is 13.4. The van der Waals surface area contributed by atoms with Gasteiger partial charge in [-0.05, 0) is 43.3 Å². The molecular formula is C24H18ClN3O3S. The first kappa shape index (κ1) is 21.6. The van der Waals surface area contributed by atoms with Crippen molar-refractivity contribution in [2.45, 2.75) is 20.1 Å². The first-order valence-corrected chi connectivity index (χ1v) is 10.9. The van der Waals surface area contributed by atoms with Crippen LogP contribution in [-0.4, -0.2) is 10.9 Å². The van der Waals surface area contributed by atoms with Gasteiger partial charge in [0, 0.05) is 15.5 Å². The normalized spacial score (nSPS) is 10.5. The maximum atomic E-state index is 12.5. The second kappa shape index (κ2) is 9.69. The van der Waals surface area contributed by atoms with Crippen molar-refractivity contribution < 1.29 is 13.9 Å². The lowest BCUT2D eigenvalue weighted by Gasteiger charge is -2.05.